The zero-order valence-corrected chi connectivity index (χ0v) is 11.5. The van der Waals surface area contributed by atoms with Crippen molar-refractivity contribution in [2.75, 3.05) is 6.61 Å². The van der Waals surface area contributed by atoms with Gasteiger partial charge in [0, 0.05) is 12.8 Å². The zero-order chi connectivity index (χ0) is 12.8. The van der Waals surface area contributed by atoms with E-state index in [1.54, 1.807) is 0 Å². The average molecular weight is 254 g/mol. The van der Waals surface area contributed by atoms with Crippen molar-refractivity contribution in [2.45, 2.75) is 83.0 Å². The largest absolute Gasteiger partial charge is 0.373 e. The van der Waals surface area contributed by atoms with Crippen LogP contribution in [-0.2, 0) is 14.3 Å². The minimum Gasteiger partial charge on any atom is -0.373 e. The van der Waals surface area contributed by atoms with Crippen LogP contribution in [0.3, 0.4) is 0 Å². The van der Waals surface area contributed by atoms with Crippen molar-refractivity contribution in [3.63, 3.8) is 0 Å². The van der Waals surface area contributed by atoms with Crippen molar-refractivity contribution in [3.05, 3.63) is 0 Å². The van der Waals surface area contributed by atoms with Crippen LogP contribution in [0.2, 0.25) is 0 Å². The highest BCUT2D eigenvalue weighted by Crippen LogP contribution is 2.30. The molecule has 2 fully saturated rings. The molecule has 3 atom stereocenters. The lowest BCUT2D eigenvalue weighted by Gasteiger charge is -2.00. The molecular weight excluding hydrogens is 228 g/mol. The number of hydrogen-bond donors (Lipinski definition) is 0. The van der Waals surface area contributed by atoms with Gasteiger partial charge in [0.2, 0.25) is 0 Å². The second-order valence-corrected chi connectivity index (χ2v) is 5.63. The van der Waals surface area contributed by atoms with E-state index in [0.29, 0.717) is 24.1 Å². The lowest BCUT2D eigenvalue weighted by atomic mass is 10.0. The summed E-state index contributed by atoms with van der Waals surface area (Å²) in [6, 6.07) is 0. The molecule has 18 heavy (non-hydrogen) atoms. The first-order valence-electron chi connectivity index (χ1n) is 7.58. The molecule has 0 amide bonds. The summed E-state index contributed by atoms with van der Waals surface area (Å²) < 4.78 is 10.7. The van der Waals surface area contributed by atoms with Gasteiger partial charge in [0.15, 0.2) is 0 Å². The van der Waals surface area contributed by atoms with E-state index in [4.69, 9.17) is 9.47 Å². The number of hydrogen-bond acceptors (Lipinski definition) is 3. The predicted octanol–water partition coefficient (Wildman–Crippen LogP) is 3.25. The van der Waals surface area contributed by atoms with Crippen molar-refractivity contribution >= 4 is 5.78 Å². The van der Waals surface area contributed by atoms with E-state index in [-0.39, 0.29) is 0 Å². The van der Waals surface area contributed by atoms with Crippen molar-refractivity contribution in [1.29, 1.82) is 0 Å². The molecule has 104 valence electrons. The summed E-state index contributed by atoms with van der Waals surface area (Å²) in [5, 5.41) is 0. The van der Waals surface area contributed by atoms with Crippen molar-refractivity contribution in [3.8, 4) is 0 Å². The molecule has 0 aromatic carbocycles. The normalized spacial score (nSPS) is 29.3. The van der Waals surface area contributed by atoms with Gasteiger partial charge in [-0.25, -0.2) is 0 Å². The van der Waals surface area contributed by atoms with E-state index < -0.39 is 0 Å². The van der Waals surface area contributed by atoms with E-state index in [2.05, 4.69) is 6.92 Å². The Balaban J connectivity index is 1.38. The maximum absolute atomic E-state index is 11.7. The van der Waals surface area contributed by atoms with Gasteiger partial charge < -0.3 is 9.47 Å². The third-order valence-corrected chi connectivity index (χ3v) is 3.85. The highest BCUT2D eigenvalue weighted by Gasteiger charge is 2.37. The third-order valence-electron chi connectivity index (χ3n) is 3.85. The molecule has 0 saturated carbocycles. The topological polar surface area (TPSA) is 42.1 Å². The number of ketones is 1. The first-order valence-corrected chi connectivity index (χ1v) is 7.58. The minimum atomic E-state index is 0.390. The summed E-state index contributed by atoms with van der Waals surface area (Å²) in [6.07, 6.45) is 10.8. The van der Waals surface area contributed by atoms with Crippen LogP contribution in [0, 0.1) is 0 Å². The Kier molecular flexibility index (Phi) is 5.64. The Morgan fingerprint density at radius 1 is 1.06 bits per heavy atom. The van der Waals surface area contributed by atoms with Gasteiger partial charge in [0.1, 0.15) is 5.78 Å². The van der Waals surface area contributed by atoms with Crippen LogP contribution in [0.1, 0.15) is 64.7 Å². The molecule has 0 radical (unpaired) electrons. The number of Topliss-reactive ketones (excluding diaryl/α,β-unsaturated/α-hetero) is 1. The smallest absolute Gasteiger partial charge is 0.133 e. The van der Waals surface area contributed by atoms with Crippen LogP contribution in [0.25, 0.3) is 0 Å². The van der Waals surface area contributed by atoms with Crippen molar-refractivity contribution < 1.29 is 14.3 Å². The molecule has 3 unspecified atom stereocenters. The van der Waals surface area contributed by atoms with E-state index in [1.807, 2.05) is 0 Å². The first kappa shape index (κ1) is 14.0. The molecule has 2 rings (SSSR count). The quantitative estimate of drug-likeness (QED) is 0.420. The summed E-state index contributed by atoms with van der Waals surface area (Å²) in [6.45, 7) is 3.13. The lowest BCUT2D eigenvalue weighted by molar-refractivity contribution is -0.119. The highest BCUT2D eigenvalue weighted by atomic mass is 16.6. The number of ether oxygens (including phenoxy) is 2. The predicted molar refractivity (Wildman–Crippen MR) is 70.6 cm³/mol. The maximum Gasteiger partial charge on any atom is 0.133 e. The maximum atomic E-state index is 11.7. The lowest BCUT2D eigenvalue weighted by Crippen LogP contribution is -2.02. The Morgan fingerprint density at radius 2 is 1.83 bits per heavy atom. The number of rotatable bonds is 11. The van der Waals surface area contributed by atoms with Crippen LogP contribution in [0.15, 0.2) is 0 Å². The average Bonchev–Trinajstić information content (AvgIpc) is 3.23. The SMILES string of the molecule is CCCC1OC1CCC(=O)CCCCCC1CO1. The van der Waals surface area contributed by atoms with Crippen LogP contribution in [0.4, 0.5) is 0 Å². The molecule has 0 aliphatic carbocycles. The van der Waals surface area contributed by atoms with Gasteiger partial charge in [0.05, 0.1) is 24.9 Å². The number of unbranched alkanes of at least 4 members (excludes halogenated alkanes) is 2. The fourth-order valence-electron chi connectivity index (χ4n) is 2.51. The second-order valence-electron chi connectivity index (χ2n) is 5.63. The van der Waals surface area contributed by atoms with Crippen molar-refractivity contribution in [1.82, 2.24) is 0 Å². The zero-order valence-electron chi connectivity index (χ0n) is 11.5. The summed E-state index contributed by atoms with van der Waals surface area (Å²) in [4.78, 5) is 11.7. The third kappa shape index (κ3) is 5.49. The van der Waals surface area contributed by atoms with Gasteiger partial charge in [-0.15, -0.1) is 0 Å². The van der Waals surface area contributed by atoms with Crippen LogP contribution < -0.4 is 0 Å². The Morgan fingerprint density at radius 3 is 2.56 bits per heavy atom. The first-order chi connectivity index (χ1) is 8.79. The van der Waals surface area contributed by atoms with E-state index >= 15 is 0 Å². The standard InChI is InChI=1S/C15H26O3/c1-2-6-14-15(18-14)10-9-12(16)7-4-3-5-8-13-11-17-13/h13-15H,2-11H2,1H3. The number of epoxide rings is 2. The highest BCUT2D eigenvalue weighted by molar-refractivity contribution is 5.78. The minimum absolute atomic E-state index is 0.390. The fraction of sp³-hybridized carbons (Fsp3) is 0.933. The molecule has 2 heterocycles. The molecule has 0 N–H and O–H groups in total. The molecule has 2 aliphatic heterocycles. The monoisotopic (exact) mass is 254 g/mol. The van der Waals surface area contributed by atoms with Crippen molar-refractivity contribution in [2.24, 2.45) is 0 Å². The van der Waals surface area contributed by atoms with E-state index in [9.17, 15) is 4.79 Å². The Bertz CT molecular complexity index is 260. The van der Waals surface area contributed by atoms with E-state index in [0.717, 1.165) is 38.7 Å². The van der Waals surface area contributed by atoms with Crippen LogP contribution >= 0.6 is 0 Å². The molecule has 2 aliphatic rings. The number of carbonyl (C=O) groups is 1. The molecule has 0 aromatic rings. The van der Waals surface area contributed by atoms with Gasteiger partial charge in [0.25, 0.3) is 0 Å². The fourth-order valence-corrected chi connectivity index (χ4v) is 2.51. The molecule has 0 aromatic heterocycles. The summed E-state index contributed by atoms with van der Waals surface area (Å²) in [7, 11) is 0. The molecule has 0 spiro atoms. The van der Waals surface area contributed by atoms with Gasteiger partial charge in [-0.2, -0.15) is 0 Å². The molecule has 2 saturated heterocycles. The van der Waals surface area contributed by atoms with Gasteiger partial charge in [-0.3, -0.25) is 4.79 Å². The summed E-state index contributed by atoms with van der Waals surface area (Å²) in [5.74, 6) is 0.420. The van der Waals surface area contributed by atoms with E-state index in [1.165, 1.54) is 25.7 Å². The summed E-state index contributed by atoms with van der Waals surface area (Å²) in [5.41, 5.74) is 0. The van der Waals surface area contributed by atoms with Gasteiger partial charge in [-0.05, 0) is 25.7 Å². The van der Waals surface area contributed by atoms with Gasteiger partial charge >= 0.3 is 0 Å². The van der Waals surface area contributed by atoms with Crippen LogP contribution in [-0.4, -0.2) is 30.7 Å². The second kappa shape index (κ2) is 7.25. The summed E-state index contributed by atoms with van der Waals surface area (Å²) >= 11 is 0. The molecule has 0 bridgehead atoms. The van der Waals surface area contributed by atoms with Crippen LogP contribution in [0.5, 0.6) is 0 Å². The molecule has 3 nitrogen and oxygen atoms in total. The molecular formula is C15H26O3. The Labute approximate surface area is 110 Å². The number of carbonyl (C=O) groups excluding carboxylic acids is 1. The van der Waals surface area contributed by atoms with Gasteiger partial charge in [-0.1, -0.05) is 26.2 Å². The Hall–Kier alpha value is -0.410. The molecule has 3 heteroatoms.